The first-order valence-corrected chi connectivity index (χ1v) is 5.65. The summed E-state index contributed by atoms with van der Waals surface area (Å²) in [6.45, 7) is 3.55. The largest absolute Gasteiger partial charge is 0.493 e. The summed E-state index contributed by atoms with van der Waals surface area (Å²) in [6, 6.07) is 3.61. The van der Waals surface area contributed by atoms with Crippen molar-refractivity contribution < 1.29 is 14.6 Å². The molecule has 1 unspecified atom stereocenters. The number of methoxy groups -OCH3 is 2. The van der Waals surface area contributed by atoms with E-state index < -0.39 is 6.10 Å². The molecule has 1 rings (SSSR count). The van der Waals surface area contributed by atoms with Gasteiger partial charge in [-0.25, -0.2) is 0 Å². The highest BCUT2D eigenvalue weighted by atomic mass is 35.5. The average molecular weight is 257 g/mol. The summed E-state index contributed by atoms with van der Waals surface area (Å²) in [7, 11) is 3.10. The molecule has 0 amide bonds. The van der Waals surface area contributed by atoms with E-state index in [1.165, 1.54) is 0 Å². The topological polar surface area (TPSA) is 38.7 Å². The van der Waals surface area contributed by atoms with Gasteiger partial charge in [0.25, 0.3) is 0 Å². The molecule has 3 nitrogen and oxygen atoms in total. The van der Waals surface area contributed by atoms with Crippen LogP contribution in [0.3, 0.4) is 0 Å². The minimum absolute atomic E-state index is 0.479. The molecule has 0 radical (unpaired) electrons. The fraction of sp³-hybridized carbons (Fsp3) is 0.385. The summed E-state index contributed by atoms with van der Waals surface area (Å²) in [5, 5.41) is 9.91. The maximum absolute atomic E-state index is 9.43. The van der Waals surface area contributed by atoms with Crippen LogP contribution in [0.1, 0.15) is 19.4 Å². The minimum Gasteiger partial charge on any atom is -0.493 e. The van der Waals surface area contributed by atoms with E-state index in [2.05, 4.69) is 0 Å². The van der Waals surface area contributed by atoms with E-state index in [9.17, 15) is 5.11 Å². The van der Waals surface area contributed by atoms with Gasteiger partial charge in [-0.2, -0.15) is 0 Å². The molecule has 1 N–H and O–H groups in total. The number of aliphatic hydroxyl groups is 1. The van der Waals surface area contributed by atoms with Gasteiger partial charge in [0.15, 0.2) is 11.5 Å². The maximum Gasteiger partial charge on any atom is 0.179 e. The molecule has 17 heavy (non-hydrogen) atoms. The fourth-order valence-electron chi connectivity index (χ4n) is 1.38. The van der Waals surface area contributed by atoms with Crippen molar-refractivity contribution in [2.24, 2.45) is 0 Å². The highest BCUT2D eigenvalue weighted by Crippen LogP contribution is 2.38. The van der Waals surface area contributed by atoms with Crippen molar-refractivity contribution >= 4 is 17.7 Å². The van der Waals surface area contributed by atoms with Crippen molar-refractivity contribution in [1.82, 2.24) is 0 Å². The number of aliphatic hydroxyl groups excluding tert-OH is 1. The van der Waals surface area contributed by atoms with Gasteiger partial charge in [0.05, 0.1) is 25.3 Å². The Kier molecular flexibility index (Phi) is 4.85. The van der Waals surface area contributed by atoms with E-state index in [0.29, 0.717) is 16.5 Å². The number of hydrogen-bond acceptors (Lipinski definition) is 3. The van der Waals surface area contributed by atoms with Crippen LogP contribution in [-0.4, -0.2) is 25.4 Å². The van der Waals surface area contributed by atoms with Gasteiger partial charge in [-0.05, 0) is 37.1 Å². The first-order valence-electron chi connectivity index (χ1n) is 5.28. The molecule has 0 aliphatic heterocycles. The molecule has 1 aromatic carbocycles. The molecule has 94 valence electrons. The lowest BCUT2D eigenvalue weighted by molar-refractivity contribution is 0.232. The van der Waals surface area contributed by atoms with E-state index in [1.54, 1.807) is 27.2 Å². The second-order valence-corrected chi connectivity index (χ2v) is 4.15. The maximum atomic E-state index is 9.43. The van der Waals surface area contributed by atoms with Crippen molar-refractivity contribution in [1.29, 1.82) is 0 Å². The number of hydrogen-bond donors (Lipinski definition) is 1. The van der Waals surface area contributed by atoms with Crippen LogP contribution < -0.4 is 9.47 Å². The fourth-order valence-corrected chi connectivity index (χ4v) is 1.67. The summed E-state index contributed by atoms with van der Waals surface area (Å²) < 4.78 is 10.3. The van der Waals surface area contributed by atoms with Crippen LogP contribution in [0.4, 0.5) is 0 Å². The third-order valence-electron chi connectivity index (χ3n) is 2.56. The molecule has 0 saturated heterocycles. The standard InChI is InChI=1S/C13H17ClO3/c1-8(9(2)15)7-10-5-6-11(16-3)13(17-4)12(10)14/h5-7,9,15H,1-4H3/b8-7-. The molecular weight excluding hydrogens is 240 g/mol. The van der Waals surface area contributed by atoms with Crippen LogP contribution in [0.5, 0.6) is 11.5 Å². The average Bonchev–Trinajstić information content (AvgIpc) is 2.31. The number of halogens is 1. The molecule has 0 bridgehead atoms. The molecule has 4 heteroatoms. The smallest absolute Gasteiger partial charge is 0.179 e. The molecule has 0 spiro atoms. The van der Waals surface area contributed by atoms with Gasteiger partial charge in [-0.3, -0.25) is 0 Å². The highest BCUT2D eigenvalue weighted by Gasteiger charge is 2.12. The Morgan fingerprint density at radius 3 is 2.47 bits per heavy atom. The van der Waals surface area contributed by atoms with Gasteiger partial charge in [0.1, 0.15) is 0 Å². The second-order valence-electron chi connectivity index (χ2n) is 3.77. The number of ether oxygens (including phenoxy) is 2. The molecule has 1 aromatic rings. The Morgan fingerprint density at radius 2 is 2.00 bits per heavy atom. The van der Waals surface area contributed by atoms with Crippen LogP contribution in [0, 0.1) is 0 Å². The van der Waals surface area contributed by atoms with Crippen LogP contribution in [0.15, 0.2) is 17.7 Å². The normalized spacial score (nSPS) is 13.4. The molecule has 1 atom stereocenters. The number of benzene rings is 1. The predicted molar refractivity (Wildman–Crippen MR) is 69.9 cm³/mol. The summed E-state index contributed by atoms with van der Waals surface area (Å²) >= 11 is 6.21. The van der Waals surface area contributed by atoms with Gasteiger partial charge >= 0.3 is 0 Å². The van der Waals surface area contributed by atoms with Crippen LogP contribution in [0.2, 0.25) is 5.02 Å². The lowest BCUT2D eigenvalue weighted by Crippen LogP contribution is -2.00. The van der Waals surface area contributed by atoms with Crippen molar-refractivity contribution in [2.45, 2.75) is 20.0 Å². The van der Waals surface area contributed by atoms with Crippen molar-refractivity contribution in [3.05, 3.63) is 28.3 Å². The Bertz CT molecular complexity index is 425. The zero-order chi connectivity index (χ0) is 13.0. The van der Waals surface area contributed by atoms with Crippen molar-refractivity contribution in [3.63, 3.8) is 0 Å². The van der Waals surface area contributed by atoms with Crippen LogP contribution in [0.25, 0.3) is 6.08 Å². The Labute approximate surface area is 107 Å². The molecule has 0 aliphatic carbocycles. The third-order valence-corrected chi connectivity index (χ3v) is 2.95. The first kappa shape index (κ1) is 13.9. The Hall–Kier alpha value is -1.19. The monoisotopic (exact) mass is 256 g/mol. The predicted octanol–water partition coefficient (Wildman–Crippen LogP) is 3.14. The van der Waals surface area contributed by atoms with E-state index >= 15 is 0 Å². The number of rotatable bonds is 4. The highest BCUT2D eigenvalue weighted by molar-refractivity contribution is 6.33. The van der Waals surface area contributed by atoms with E-state index in [0.717, 1.165) is 11.1 Å². The Morgan fingerprint density at radius 1 is 1.35 bits per heavy atom. The zero-order valence-electron chi connectivity index (χ0n) is 10.5. The summed E-state index contributed by atoms with van der Waals surface area (Å²) in [6.07, 6.45) is 1.33. The summed E-state index contributed by atoms with van der Waals surface area (Å²) in [5.74, 6) is 1.09. The lowest BCUT2D eigenvalue weighted by atomic mass is 10.1. The van der Waals surface area contributed by atoms with Crippen molar-refractivity contribution in [3.8, 4) is 11.5 Å². The molecule has 0 aromatic heterocycles. The lowest BCUT2D eigenvalue weighted by Gasteiger charge is -2.12. The molecule has 0 saturated carbocycles. The Balaban J connectivity index is 3.24. The summed E-state index contributed by atoms with van der Waals surface area (Å²) in [5.41, 5.74) is 1.63. The zero-order valence-corrected chi connectivity index (χ0v) is 11.2. The molecular formula is C13H17ClO3. The van der Waals surface area contributed by atoms with Crippen LogP contribution in [-0.2, 0) is 0 Å². The quantitative estimate of drug-likeness (QED) is 0.900. The summed E-state index contributed by atoms with van der Waals surface area (Å²) in [4.78, 5) is 0. The minimum atomic E-state index is -0.501. The van der Waals surface area contributed by atoms with Gasteiger partial charge in [0, 0.05) is 0 Å². The third kappa shape index (κ3) is 3.14. The molecule has 0 heterocycles. The van der Waals surface area contributed by atoms with Crippen molar-refractivity contribution in [2.75, 3.05) is 14.2 Å². The molecule has 0 aliphatic rings. The second kappa shape index (κ2) is 5.94. The van der Waals surface area contributed by atoms with E-state index in [-0.39, 0.29) is 0 Å². The SMILES string of the molecule is COc1ccc(/C=C(/C)C(C)O)c(Cl)c1OC. The van der Waals surface area contributed by atoms with Crippen LogP contribution >= 0.6 is 11.6 Å². The van der Waals surface area contributed by atoms with E-state index in [1.807, 2.05) is 19.1 Å². The van der Waals surface area contributed by atoms with Gasteiger partial charge < -0.3 is 14.6 Å². The van der Waals surface area contributed by atoms with Gasteiger partial charge in [0.2, 0.25) is 0 Å². The van der Waals surface area contributed by atoms with Gasteiger partial charge in [-0.15, -0.1) is 0 Å². The molecule has 0 fully saturated rings. The van der Waals surface area contributed by atoms with E-state index in [4.69, 9.17) is 21.1 Å². The first-order chi connectivity index (χ1) is 8.01. The van der Waals surface area contributed by atoms with Gasteiger partial charge in [-0.1, -0.05) is 17.7 Å².